The lowest BCUT2D eigenvalue weighted by atomic mass is 9.83. The third-order valence-electron chi connectivity index (χ3n) is 6.04. The summed E-state index contributed by atoms with van der Waals surface area (Å²) in [6.07, 6.45) is 4.58. The summed E-state index contributed by atoms with van der Waals surface area (Å²) < 4.78 is 52.2. The number of benzene rings is 3. The molecule has 1 aliphatic rings. The number of carbonyl (C=O) groups excluding carboxylic acids is 2. The Morgan fingerprint density at radius 2 is 1.65 bits per heavy atom. The van der Waals surface area contributed by atoms with E-state index >= 15 is 0 Å². The number of carbonyl (C=O) groups is 2. The minimum absolute atomic E-state index is 0.0946. The van der Waals surface area contributed by atoms with Gasteiger partial charge in [-0.25, -0.2) is 13.2 Å². The highest BCUT2D eigenvalue weighted by Crippen LogP contribution is 2.26. The van der Waals surface area contributed by atoms with Crippen LogP contribution < -0.4 is 4.74 Å². The first-order valence-corrected chi connectivity index (χ1v) is 11.8. The fourth-order valence-electron chi connectivity index (χ4n) is 3.98. The van der Waals surface area contributed by atoms with Crippen molar-refractivity contribution in [2.24, 2.45) is 11.8 Å². The van der Waals surface area contributed by atoms with Crippen LogP contribution in [0, 0.1) is 23.5 Å². The maximum Gasteiger partial charge on any atom is 0.229 e. The predicted molar refractivity (Wildman–Crippen MR) is 133 cm³/mol. The Balaban J connectivity index is 1.26. The summed E-state index contributed by atoms with van der Waals surface area (Å²) in [6, 6.07) is 18.5. The highest BCUT2D eigenvalue weighted by atomic mass is 19.1. The number of Topliss-reactive ketones (excluding diaryl/α,β-unsaturated/α-hetero) is 2. The Hall–Kier alpha value is -3.97. The molecule has 0 spiro atoms. The quantitative estimate of drug-likeness (QED) is 0.176. The lowest BCUT2D eigenvalue weighted by molar-refractivity contribution is -0.119. The molecule has 0 aliphatic heterocycles. The molecule has 0 radical (unpaired) electrons. The van der Waals surface area contributed by atoms with Crippen molar-refractivity contribution >= 4 is 11.6 Å². The van der Waals surface area contributed by atoms with Crippen LogP contribution in [0.1, 0.15) is 21.5 Å². The number of hydrogen-bond acceptors (Lipinski definition) is 4. The monoisotopic (exact) mass is 506 g/mol. The molecular formula is C30H25F3O4. The van der Waals surface area contributed by atoms with Gasteiger partial charge in [0.05, 0.1) is 19.1 Å². The molecule has 0 aromatic heterocycles. The average molecular weight is 507 g/mol. The molecule has 2 atom stereocenters. The minimum atomic E-state index is -0.933. The molecule has 0 saturated heterocycles. The van der Waals surface area contributed by atoms with Crippen LogP contribution in [0.15, 0.2) is 96.9 Å². The lowest BCUT2D eigenvalue weighted by Crippen LogP contribution is -2.31. The molecule has 0 amide bonds. The standard InChI is InChI=1S/C30H25F3O4/c31-24-10-13-28(33)23(16-24)19-37-26-11-6-20(7-12-26)14-15-36-18-22-8-9-25(32)17-27(22)30(35)29(34)21-4-2-1-3-5-21/h1-13,16-17,22,27H,14-15,18-19H2. The van der Waals surface area contributed by atoms with Gasteiger partial charge in [0.2, 0.25) is 11.6 Å². The molecule has 0 heterocycles. The molecule has 1 aliphatic carbocycles. The van der Waals surface area contributed by atoms with Crippen LogP contribution in [0.5, 0.6) is 5.75 Å². The van der Waals surface area contributed by atoms with E-state index in [0.29, 0.717) is 18.8 Å². The highest BCUT2D eigenvalue weighted by molar-refractivity contribution is 6.44. The van der Waals surface area contributed by atoms with Gasteiger partial charge in [0.15, 0.2) is 0 Å². The topological polar surface area (TPSA) is 52.6 Å². The summed E-state index contributed by atoms with van der Waals surface area (Å²) in [5.74, 6) is -3.83. The minimum Gasteiger partial charge on any atom is -0.489 e. The van der Waals surface area contributed by atoms with Crippen molar-refractivity contribution in [2.75, 3.05) is 13.2 Å². The second kappa shape index (κ2) is 12.3. The van der Waals surface area contributed by atoms with E-state index in [4.69, 9.17) is 9.47 Å². The molecule has 4 rings (SSSR count). The number of rotatable bonds is 11. The lowest BCUT2D eigenvalue weighted by Gasteiger charge is -2.23. The van der Waals surface area contributed by atoms with E-state index in [1.807, 2.05) is 12.1 Å². The second-order valence-electron chi connectivity index (χ2n) is 8.65. The number of ketones is 2. The van der Waals surface area contributed by atoms with Crippen molar-refractivity contribution in [3.05, 3.63) is 125 Å². The SMILES string of the molecule is O=C(C(=O)C1C=C(F)C=CC1COCCc1ccc(OCc2cc(F)ccc2F)cc1)c1ccccc1. The third-order valence-corrected chi connectivity index (χ3v) is 6.04. The summed E-state index contributed by atoms with van der Waals surface area (Å²) >= 11 is 0. The van der Waals surface area contributed by atoms with Gasteiger partial charge >= 0.3 is 0 Å². The summed E-state index contributed by atoms with van der Waals surface area (Å²) in [6.45, 7) is 0.403. The van der Waals surface area contributed by atoms with Gasteiger partial charge in [0, 0.05) is 17.0 Å². The van der Waals surface area contributed by atoms with Crippen molar-refractivity contribution in [1.82, 2.24) is 0 Å². The summed E-state index contributed by atoms with van der Waals surface area (Å²) in [4.78, 5) is 25.4. The first-order valence-electron chi connectivity index (χ1n) is 11.8. The Morgan fingerprint density at radius 3 is 2.41 bits per heavy atom. The molecule has 4 nitrogen and oxygen atoms in total. The molecule has 37 heavy (non-hydrogen) atoms. The predicted octanol–water partition coefficient (Wildman–Crippen LogP) is 6.21. The molecule has 7 heteroatoms. The second-order valence-corrected chi connectivity index (χ2v) is 8.65. The zero-order chi connectivity index (χ0) is 26.2. The number of allylic oxidation sites excluding steroid dienone is 3. The van der Waals surface area contributed by atoms with Gasteiger partial charge in [-0.15, -0.1) is 0 Å². The van der Waals surface area contributed by atoms with Crippen LogP contribution in [0.4, 0.5) is 13.2 Å². The normalized spacial score (nSPS) is 16.8. The van der Waals surface area contributed by atoms with Crippen LogP contribution in [-0.2, 0) is 22.6 Å². The van der Waals surface area contributed by atoms with E-state index in [-0.39, 0.29) is 24.3 Å². The zero-order valence-corrected chi connectivity index (χ0v) is 19.9. The van der Waals surface area contributed by atoms with Gasteiger partial charge in [-0.05, 0) is 54.5 Å². The van der Waals surface area contributed by atoms with Crippen LogP contribution in [0.25, 0.3) is 0 Å². The van der Waals surface area contributed by atoms with Crippen molar-refractivity contribution in [1.29, 1.82) is 0 Å². The highest BCUT2D eigenvalue weighted by Gasteiger charge is 2.32. The number of ether oxygens (including phenoxy) is 2. The van der Waals surface area contributed by atoms with Crippen molar-refractivity contribution in [3.63, 3.8) is 0 Å². The fraction of sp³-hybridized carbons (Fsp3) is 0.200. The summed E-state index contributed by atoms with van der Waals surface area (Å²) in [5, 5.41) is 0. The van der Waals surface area contributed by atoms with Gasteiger partial charge in [-0.1, -0.05) is 48.5 Å². The van der Waals surface area contributed by atoms with E-state index in [1.165, 1.54) is 12.2 Å². The van der Waals surface area contributed by atoms with E-state index in [2.05, 4.69) is 0 Å². The summed E-state index contributed by atoms with van der Waals surface area (Å²) in [5.41, 5.74) is 1.36. The largest absolute Gasteiger partial charge is 0.489 e. The van der Waals surface area contributed by atoms with Gasteiger partial charge in [0.25, 0.3) is 0 Å². The molecule has 0 saturated carbocycles. The Labute approximate surface area is 213 Å². The molecule has 0 bridgehead atoms. The summed E-state index contributed by atoms with van der Waals surface area (Å²) in [7, 11) is 0. The van der Waals surface area contributed by atoms with E-state index in [1.54, 1.807) is 48.5 Å². The molecule has 3 aromatic rings. The van der Waals surface area contributed by atoms with Crippen molar-refractivity contribution in [2.45, 2.75) is 13.0 Å². The van der Waals surface area contributed by atoms with Crippen LogP contribution in [0.3, 0.4) is 0 Å². The zero-order valence-electron chi connectivity index (χ0n) is 19.9. The maximum atomic E-state index is 13.9. The smallest absolute Gasteiger partial charge is 0.229 e. The molecule has 0 N–H and O–H groups in total. The molecular weight excluding hydrogens is 481 g/mol. The van der Waals surface area contributed by atoms with E-state index < -0.39 is 40.9 Å². The van der Waals surface area contributed by atoms with Gasteiger partial charge < -0.3 is 9.47 Å². The van der Waals surface area contributed by atoms with E-state index in [0.717, 1.165) is 23.8 Å². The van der Waals surface area contributed by atoms with Gasteiger partial charge in [-0.3, -0.25) is 9.59 Å². The van der Waals surface area contributed by atoms with Crippen molar-refractivity contribution in [3.8, 4) is 5.75 Å². The number of halogens is 3. The number of hydrogen-bond donors (Lipinski definition) is 0. The first kappa shape index (κ1) is 26.1. The third kappa shape index (κ3) is 7.05. The van der Waals surface area contributed by atoms with Crippen LogP contribution in [0.2, 0.25) is 0 Å². The first-order chi connectivity index (χ1) is 17.9. The van der Waals surface area contributed by atoms with Crippen LogP contribution >= 0.6 is 0 Å². The Bertz CT molecular complexity index is 1300. The Morgan fingerprint density at radius 1 is 0.892 bits per heavy atom. The average Bonchev–Trinajstić information content (AvgIpc) is 2.92. The van der Waals surface area contributed by atoms with Crippen LogP contribution in [-0.4, -0.2) is 24.8 Å². The maximum absolute atomic E-state index is 13.9. The fourth-order valence-corrected chi connectivity index (χ4v) is 3.98. The van der Waals surface area contributed by atoms with Crippen molar-refractivity contribution < 1.29 is 32.2 Å². The van der Waals surface area contributed by atoms with Gasteiger partial charge in [-0.2, -0.15) is 0 Å². The molecule has 2 unspecified atom stereocenters. The molecule has 3 aromatic carbocycles. The Kier molecular flexibility index (Phi) is 8.69. The van der Waals surface area contributed by atoms with E-state index in [9.17, 15) is 22.8 Å². The van der Waals surface area contributed by atoms with Gasteiger partial charge in [0.1, 0.15) is 29.8 Å². The molecule has 190 valence electrons. The molecule has 0 fully saturated rings.